The molecule has 2 aliphatic rings. The van der Waals surface area contributed by atoms with Gasteiger partial charge in [-0.15, -0.1) is 0 Å². The molecule has 9 nitrogen and oxygen atoms in total. The lowest BCUT2D eigenvalue weighted by molar-refractivity contribution is -0.130. The number of rotatable bonds is 5. The summed E-state index contributed by atoms with van der Waals surface area (Å²) in [6, 6.07) is 5.55. The number of halogens is 2. The van der Waals surface area contributed by atoms with Crippen molar-refractivity contribution in [1.29, 1.82) is 0 Å². The lowest BCUT2D eigenvalue weighted by Crippen LogP contribution is -2.39. The number of primary sulfonamides is 1. The van der Waals surface area contributed by atoms with Gasteiger partial charge in [0.2, 0.25) is 15.9 Å². The maximum Gasteiger partial charge on any atom is 0.224 e. The molecule has 1 unspecified atom stereocenters. The highest BCUT2D eigenvalue weighted by Gasteiger charge is 2.36. The van der Waals surface area contributed by atoms with Gasteiger partial charge in [0.25, 0.3) is 0 Å². The molecule has 0 bridgehead atoms. The van der Waals surface area contributed by atoms with Crippen molar-refractivity contribution in [2.45, 2.75) is 37.0 Å². The van der Waals surface area contributed by atoms with E-state index in [-0.39, 0.29) is 24.9 Å². The van der Waals surface area contributed by atoms with Crippen LogP contribution in [0.3, 0.4) is 0 Å². The van der Waals surface area contributed by atoms with Crippen molar-refractivity contribution in [2.24, 2.45) is 5.14 Å². The van der Waals surface area contributed by atoms with Gasteiger partial charge in [-0.25, -0.2) is 23.5 Å². The first-order valence-corrected chi connectivity index (χ1v) is 13.4. The van der Waals surface area contributed by atoms with Gasteiger partial charge >= 0.3 is 0 Å². The number of likely N-dealkylation sites (tertiary alicyclic amines) is 1. The first kappa shape index (κ1) is 23.3. The Morgan fingerprint density at radius 2 is 2.03 bits per heavy atom. The van der Waals surface area contributed by atoms with E-state index in [0.717, 1.165) is 30.5 Å². The number of pyridine rings is 1. The monoisotopic (exact) mass is 522 g/mol. The minimum absolute atomic E-state index is 0.0559. The number of anilines is 1. The molecule has 3 aromatic rings. The Kier molecular flexibility index (Phi) is 6.18. The number of amides is 1. The second-order valence-corrected chi connectivity index (χ2v) is 11.4. The summed E-state index contributed by atoms with van der Waals surface area (Å²) >= 11 is 12.8. The number of carbonyl (C=O) groups is 1. The van der Waals surface area contributed by atoms with Gasteiger partial charge in [0.15, 0.2) is 0 Å². The Morgan fingerprint density at radius 3 is 2.74 bits per heavy atom. The van der Waals surface area contributed by atoms with Gasteiger partial charge in [-0.2, -0.15) is 0 Å². The Hall–Kier alpha value is -2.40. The van der Waals surface area contributed by atoms with Crippen LogP contribution in [0.25, 0.3) is 16.6 Å². The number of aromatic nitrogens is 3. The molecule has 2 saturated heterocycles. The van der Waals surface area contributed by atoms with Gasteiger partial charge in [0, 0.05) is 55.9 Å². The van der Waals surface area contributed by atoms with Gasteiger partial charge in [0.05, 0.1) is 32.8 Å². The van der Waals surface area contributed by atoms with Crippen molar-refractivity contribution in [1.82, 2.24) is 19.4 Å². The standard InChI is InChI=1S/C22H24Cl2N6O3S/c23-17-4-3-16-18(29-9-6-26-13-29)11-19(27-22(16)21(17)24)30-7-1-2-14(30)10-20(31)28-8-5-15(12-28)34(25,32)33/h3-4,6,9,11,13-15H,1-2,5,7-8,10,12H2,(H2,25,32,33)/t14-,15?/m0/s1. The molecule has 4 heterocycles. The Balaban J connectivity index is 1.45. The zero-order valence-electron chi connectivity index (χ0n) is 18.3. The largest absolute Gasteiger partial charge is 0.353 e. The molecule has 0 aliphatic carbocycles. The highest BCUT2D eigenvalue weighted by molar-refractivity contribution is 7.89. The van der Waals surface area contributed by atoms with E-state index in [0.29, 0.717) is 34.3 Å². The molecule has 2 aromatic heterocycles. The maximum absolute atomic E-state index is 13.0. The normalized spacial score (nSPS) is 21.0. The molecule has 0 radical (unpaired) electrons. The zero-order valence-corrected chi connectivity index (χ0v) is 20.6. The van der Waals surface area contributed by atoms with Gasteiger partial charge in [-0.3, -0.25) is 4.79 Å². The third kappa shape index (κ3) is 4.35. The van der Waals surface area contributed by atoms with E-state index in [4.69, 9.17) is 33.3 Å². The highest BCUT2D eigenvalue weighted by atomic mass is 35.5. The third-order valence-electron chi connectivity index (χ3n) is 6.66. The highest BCUT2D eigenvalue weighted by Crippen LogP contribution is 2.36. The average Bonchev–Trinajstić information content (AvgIpc) is 3.57. The van der Waals surface area contributed by atoms with Gasteiger partial charge in [0.1, 0.15) is 5.82 Å². The van der Waals surface area contributed by atoms with Crippen LogP contribution in [-0.4, -0.2) is 64.7 Å². The van der Waals surface area contributed by atoms with Crippen LogP contribution >= 0.6 is 23.2 Å². The number of carbonyl (C=O) groups excluding carboxylic acids is 1. The predicted octanol–water partition coefficient (Wildman–Crippen LogP) is 2.98. The molecule has 180 valence electrons. The third-order valence-corrected chi connectivity index (χ3v) is 8.77. The zero-order chi connectivity index (χ0) is 24.0. The Bertz CT molecular complexity index is 1350. The summed E-state index contributed by atoms with van der Waals surface area (Å²) in [5.41, 5.74) is 1.45. The van der Waals surface area contributed by atoms with Gasteiger partial charge in [-0.05, 0) is 31.4 Å². The Morgan fingerprint density at radius 1 is 1.21 bits per heavy atom. The molecule has 2 fully saturated rings. The number of fused-ring (bicyclic) bond motifs is 1. The first-order chi connectivity index (χ1) is 16.2. The smallest absolute Gasteiger partial charge is 0.224 e. The van der Waals surface area contributed by atoms with E-state index in [1.54, 1.807) is 23.5 Å². The number of benzene rings is 1. The SMILES string of the molecule is NS(=O)(=O)C1CCN(C(=O)C[C@@H]2CCCN2c2cc(-n3ccnc3)c3ccc(Cl)c(Cl)c3n2)C1. The molecule has 2 N–H and O–H groups in total. The fourth-order valence-corrected chi connectivity index (χ4v) is 6.05. The lowest BCUT2D eigenvalue weighted by atomic mass is 10.1. The van der Waals surface area contributed by atoms with E-state index in [9.17, 15) is 13.2 Å². The topological polar surface area (TPSA) is 114 Å². The van der Waals surface area contributed by atoms with E-state index >= 15 is 0 Å². The minimum Gasteiger partial charge on any atom is -0.353 e. The molecule has 0 saturated carbocycles. The van der Waals surface area contributed by atoms with Crippen molar-refractivity contribution >= 4 is 55.9 Å². The van der Waals surface area contributed by atoms with Crippen LogP contribution in [-0.2, 0) is 14.8 Å². The fraction of sp³-hybridized carbons (Fsp3) is 0.409. The van der Waals surface area contributed by atoms with Gasteiger partial charge in [-0.1, -0.05) is 23.2 Å². The van der Waals surface area contributed by atoms with E-state index in [1.165, 1.54) is 0 Å². The molecule has 34 heavy (non-hydrogen) atoms. The minimum atomic E-state index is -3.65. The molecule has 12 heteroatoms. The molecular weight excluding hydrogens is 499 g/mol. The summed E-state index contributed by atoms with van der Waals surface area (Å²) in [6.07, 6.45) is 7.66. The van der Waals surface area contributed by atoms with Crippen LogP contribution in [0.5, 0.6) is 0 Å². The van der Waals surface area contributed by atoms with E-state index in [1.807, 2.05) is 22.9 Å². The number of imidazole rings is 1. The quantitative estimate of drug-likeness (QED) is 0.550. The van der Waals surface area contributed by atoms with Crippen LogP contribution < -0.4 is 10.0 Å². The maximum atomic E-state index is 13.0. The van der Waals surface area contributed by atoms with Crippen LogP contribution in [0, 0.1) is 0 Å². The number of hydrogen-bond acceptors (Lipinski definition) is 6. The van der Waals surface area contributed by atoms with Crippen LogP contribution in [0.4, 0.5) is 5.82 Å². The lowest BCUT2D eigenvalue weighted by Gasteiger charge is -2.28. The number of nitrogens with zero attached hydrogens (tertiary/aromatic N) is 5. The van der Waals surface area contributed by atoms with E-state index in [2.05, 4.69) is 9.88 Å². The molecule has 2 aliphatic heterocycles. The van der Waals surface area contributed by atoms with Crippen LogP contribution in [0.1, 0.15) is 25.7 Å². The van der Waals surface area contributed by atoms with Crippen LogP contribution in [0.15, 0.2) is 36.9 Å². The average molecular weight is 523 g/mol. The summed E-state index contributed by atoms with van der Waals surface area (Å²) < 4.78 is 25.2. The molecule has 5 rings (SSSR count). The van der Waals surface area contributed by atoms with Gasteiger partial charge < -0.3 is 14.4 Å². The van der Waals surface area contributed by atoms with E-state index < -0.39 is 15.3 Å². The molecule has 1 aromatic carbocycles. The second kappa shape index (κ2) is 8.99. The van der Waals surface area contributed by atoms with Crippen LogP contribution in [0.2, 0.25) is 10.0 Å². The Labute approximate surface area is 207 Å². The van der Waals surface area contributed by atoms with Crippen molar-refractivity contribution in [2.75, 3.05) is 24.5 Å². The second-order valence-electron chi connectivity index (χ2n) is 8.76. The first-order valence-electron chi connectivity index (χ1n) is 11.1. The summed E-state index contributed by atoms with van der Waals surface area (Å²) in [7, 11) is -3.65. The summed E-state index contributed by atoms with van der Waals surface area (Å²) in [4.78, 5) is 25.7. The summed E-state index contributed by atoms with van der Waals surface area (Å²) in [5.74, 6) is 0.638. The predicted molar refractivity (Wildman–Crippen MR) is 132 cm³/mol. The molecular formula is C22H24Cl2N6O3S. The fourth-order valence-electron chi connectivity index (χ4n) is 4.87. The number of nitrogens with two attached hydrogens (primary N) is 1. The van der Waals surface area contributed by atoms with Crippen molar-refractivity contribution in [3.63, 3.8) is 0 Å². The van der Waals surface area contributed by atoms with Crippen molar-refractivity contribution in [3.05, 3.63) is 47.0 Å². The molecule has 1 amide bonds. The van der Waals surface area contributed by atoms with Crippen molar-refractivity contribution < 1.29 is 13.2 Å². The number of hydrogen-bond donors (Lipinski definition) is 1. The summed E-state index contributed by atoms with van der Waals surface area (Å²) in [5, 5.41) is 6.22. The summed E-state index contributed by atoms with van der Waals surface area (Å²) in [6.45, 7) is 1.30. The van der Waals surface area contributed by atoms with Crippen molar-refractivity contribution in [3.8, 4) is 5.69 Å². The number of sulfonamides is 1. The molecule has 0 spiro atoms. The molecule has 2 atom stereocenters.